The molecule has 4 aromatic rings. The smallest absolute Gasteiger partial charge is 0.258 e. The Labute approximate surface area is 200 Å². The van der Waals surface area contributed by atoms with Crippen molar-refractivity contribution in [2.75, 3.05) is 11.9 Å². The van der Waals surface area contributed by atoms with Gasteiger partial charge < -0.3 is 20.2 Å². The number of nitroso groups, excluding NO2 is 1. The monoisotopic (exact) mass is 470 g/mol. The van der Waals surface area contributed by atoms with Crippen molar-refractivity contribution in [2.24, 2.45) is 11.1 Å². The van der Waals surface area contributed by atoms with Gasteiger partial charge in [0.2, 0.25) is 0 Å². The van der Waals surface area contributed by atoms with Crippen molar-refractivity contribution in [1.82, 2.24) is 5.32 Å². The summed E-state index contributed by atoms with van der Waals surface area (Å²) < 4.78 is 5.61. The molecule has 0 atom stereocenters. The fourth-order valence-corrected chi connectivity index (χ4v) is 3.42. The molecule has 0 heterocycles. The van der Waals surface area contributed by atoms with Crippen LogP contribution < -0.4 is 26.1 Å². The molecule has 9 heteroatoms. The van der Waals surface area contributed by atoms with Crippen LogP contribution >= 0.6 is 0 Å². The van der Waals surface area contributed by atoms with Gasteiger partial charge in [0.15, 0.2) is 18.0 Å². The van der Waals surface area contributed by atoms with Crippen molar-refractivity contribution in [3.8, 4) is 11.5 Å². The number of para-hydroxylation sites is 1. The number of carbonyl (C=O) groups excluding carboxylic acids is 2. The molecule has 0 spiro atoms. The van der Waals surface area contributed by atoms with Crippen molar-refractivity contribution >= 4 is 34.0 Å². The fourth-order valence-electron chi connectivity index (χ4n) is 3.42. The minimum atomic E-state index is -0.328. The summed E-state index contributed by atoms with van der Waals surface area (Å²) in [5, 5.41) is 10.1. The van der Waals surface area contributed by atoms with E-state index >= 15 is 0 Å². The first kappa shape index (κ1) is 23.4. The van der Waals surface area contributed by atoms with Gasteiger partial charge in [-0.25, -0.2) is 0 Å². The second-order valence-corrected chi connectivity index (χ2v) is 7.62. The van der Waals surface area contributed by atoms with E-state index in [1.54, 1.807) is 30.3 Å². The molecule has 0 aliphatic rings. The molecule has 2 amide bonds. The molecule has 4 aromatic carbocycles. The first-order valence-electron chi connectivity index (χ1n) is 10.7. The van der Waals surface area contributed by atoms with Gasteiger partial charge >= 0.3 is 0 Å². The zero-order valence-electron chi connectivity index (χ0n) is 18.6. The zero-order chi connectivity index (χ0) is 24.6. The van der Waals surface area contributed by atoms with E-state index in [9.17, 15) is 14.5 Å². The molecule has 0 fully saturated rings. The predicted molar refractivity (Wildman–Crippen MR) is 132 cm³/mol. The molecule has 0 aromatic heterocycles. The molecule has 0 radical (unpaired) electrons. The molecule has 0 saturated carbocycles. The van der Waals surface area contributed by atoms with E-state index in [0.29, 0.717) is 16.9 Å². The summed E-state index contributed by atoms with van der Waals surface area (Å²) in [5.41, 5.74) is 2.02. The molecular weight excluding hydrogens is 448 g/mol. The lowest BCUT2D eigenvalue weighted by Crippen LogP contribution is -2.28. The van der Waals surface area contributed by atoms with Crippen LogP contribution in [0.15, 0.2) is 90.1 Å². The first-order valence-corrected chi connectivity index (χ1v) is 10.7. The number of nitrogens with one attached hydrogen (secondary N) is 2. The van der Waals surface area contributed by atoms with E-state index in [1.165, 1.54) is 12.1 Å². The molecule has 0 unspecified atom stereocenters. The Morgan fingerprint density at radius 2 is 1.66 bits per heavy atom. The number of anilines is 1. The quantitative estimate of drug-likeness (QED) is 0.245. The highest BCUT2D eigenvalue weighted by molar-refractivity contribution is 6.06. The van der Waals surface area contributed by atoms with Crippen LogP contribution in [-0.2, 0) is 11.3 Å². The third kappa shape index (κ3) is 5.98. The maximum absolute atomic E-state index is 12.5. The maximum atomic E-state index is 12.5. The van der Waals surface area contributed by atoms with Gasteiger partial charge in [0.25, 0.3) is 11.8 Å². The summed E-state index contributed by atoms with van der Waals surface area (Å²) in [4.78, 5) is 40.0. The second-order valence-electron chi connectivity index (χ2n) is 7.62. The van der Waals surface area contributed by atoms with E-state index in [0.717, 1.165) is 16.5 Å². The Bertz CT molecular complexity index is 1380. The maximum Gasteiger partial charge on any atom is 0.258 e. The fraction of sp³-hybridized carbons (Fsp3) is 0.0769. The Kier molecular flexibility index (Phi) is 7.29. The van der Waals surface area contributed by atoms with E-state index in [4.69, 9.17) is 10.6 Å². The molecule has 0 aliphatic carbocycles. The van der Waals surface area contributed by atoms with Crippen molar-refractivity contribution in [2.45, 2.75) is 6.54 Å². The molecule has 0 bridgehead atoms. The number of amides is 2. The van der Waals surface area contributed by atoms with Gasteiger partial charge in [0.1, 0.15) is 5.75 Å². The average molecular weight is 470 g/mol. The van der Waals surface area contributed by atoms with Gasteiger partial charge in [-0.05, 0) is 70.0 Å². The Balaban J connectivity index is 1.33. The summed E-state index contributed by atoms with van der Waals surface area (Å²) in [7, 11) is 0. The Morgan fingerprint density at radius 3 is 2.43 bits per heavy atom. The molecule has 4 rings (SSSR count). The number of nitrogens with zero attached hydrogens (tertiary/aromatic N) is 1. The van der Waals surface area contributed by atoms with Crippen molar-refractivity contribution < 1.29 is 19.2 Å². The first-order chi connectivity index (χ1) is 17.1. The minimum absolute atomic E-state index is 0.0751. The van der Waals surface area contributed by atoms with Crippen LogP contribution in [0.2, 0.25) is 0 Å². The van der Waals surface area contributed by atoms with Gasteiger partial charge in [-0.3, -0.25) is 9.59 Å². The van der Waals surface area contributed by atoms with E-state index in [1.807, 2.05) is 42.5 Å². The van der Waals surface area contributed by atoms with Crippen LogP contribution in [0.4, 0.5) is 11.4 Å². The molecule has 0 aliphatic heterocycles. The van der Waals surface area contributed by atoms with Crippen LogP contribution in [0, 0.1) is 4.91 Å². The third-order valence-electron chi connectivity index (χ3n) is 5.21. The summed E-state index contributed by atoms with van der Waals surface area (Å²) in [5.74, 6) is 5.25. The normalized spacial score (nSPS) is 10.4. The number of hydrogen-bond acceptors (Lipinski definition) is 7. The number of hydrogen-bond donors (Lipinski definition) is 3. The lowest BCUT2D eigenvalue weighted by atomic mass is 10.1. The van der Waals surface area contributed by atoms with E-state index < -0.39 is 0 Å². The summed E-state index contributed by atoms with van der Waals surface area (Å²) >= 11 is 0. The molecular formula is C26H22N4O5. The lowest BCUT2D eigenvalue weighted by Gasteiger charge is -2.10. The second kappa shape index (κ2) is 10.9. The standard InChI is InChI=1S/C26H22N4O5/c27-35-24-12-17(6-11-23(24)30-33)15-28-25(31)16-34-22-10-9-18-13-20(8-7-19(18)14-22)26(32)29-21-4-2-1-3-5-21/h1-14H,15-16,27H2,(H,28,31)(H,29,32). The number of rotatable bonds is 9. The highest BCUT2D eigenvalue weighted by Gasteiger charge is 2.10. The topological polar surface area (TPSA) is 132 Å². The van der Waals surface area contributed by atoms with Gasteiger partial charge in [0.05, 0.1) is 0 Å². The van der Waals surface area contributed by atoms with Crippen LogP contribution in [0.3, 0.4) is 0 Å². The van der Waals surface area contributed by atoms with Gasteiger partial charge in [0, 0.05) is 17.8 Å². The molecule has 4 N–H and O–H groups in total. The lowest BCUT2D eigenvalue weighted by molar-refractivity contribution is -0.123. The largest absolute Gasteiger partial charge is 0.484 e. The summed E-state index contributed by atoms with van der Waals surface area (Å²) in [6, 6.07) is 24.6. The summed E-state index contributed by atoms with van der Waals surface area (Å²) in [6.45, 7) is 0.0144. The minimum Gasteiger partial charge on any atom is -0.484 e. The van der Waals surface area contributed by atoms with Gasteiger partial charge in [-0.2, -0.15) is 5.90 Å². The van der Waals surface area contributed by atoms with Crippen LogP contribution in [0.1, 0.15) is 15.9 Å². The third-order valence-corrected chi connectivity index (χ3v) is 5.21. The Hall–Kier alpha value is -4.76. The SMILES string of the molecule is NOc1cc(CNC(=O)COc2ccc3cc(C(=O)Nc4ccccc4)ccc3c2)ccc1N=O. The van der Waals surface area contributed by atoms with Crippen LogP contribution in [0.5, 0.6) is 11.5 Å². The van der Waals surface area contributed by atoms with Crippen molar-refractivity contribution in [3.63, 3.8) is 0 Å². The van der Waals surface area contributed by atoms with Gasteiger partial charge in [-0.15, -0.1) is 4.91 Å². The number of carbonyl (C=O) groups is 2. The van der Waals surface area contributed by atoms with E-state index in [-0.39, 0.29) is 36.4 Å². The molecule has 35 heavy (non-hydrogen) atoms. The predicted octanol–water partition coefficient (Wildman–Crippen LogP) is 4.44. The molecule has 9 nitrogen and oxygen atoms in total. The van der Waals surface area contributed by atoms with Crippen molar-refractivity contribution in [1.29, 1.82) is 0 Å². The molecule has 0 saturated heterocycles. The van der Waals surface area contributed by atoms with Gasteiger partial charge in [-0.1, -0.05) is 36.4 Å². The Morgan fingerprint density at radius 1 is 0.886 bits per heavy atom. The highest BCUT2D eigenvalue weighted by Crippen LogP contribution is 2.27. The zero-order valence-corrected chi connectivity index (χ0v) is 18.6. The van der Waals surface area contributed by atoms with Crippen LogP contribution in [0.25, 0.3) is 10.8 Å². The van der Waals surface area contributed by atoms with Crippen molar-refractivity contribution in [3.05, 3.63) is 101 Å². The molecule has 176 valence electrons. The number of benzene rings is 4. The van der Waals surface area contributed by atoms with Crippen LogP contribution in [-0.4, -0.2) is 18.4 Å². The summed E-state index contributed by atoms with van der Waals surface area (Å²) in [6.07, 6.45) is 0. The number of nitrogens with two attached hydrogens (primary N) is 1. The highest BCUT2D eigenvalue weighted by atomic mass is 16.6. The van der Waals surface area contributed by atoms with E-state index in [2.05, 4.69) is 20.6 Å². The number of fused-ring (bicyclic) bond motifs is 1. The number of ether oxygens (including phenoxy) is 1. The average Bonchev–Trinajstić information content (AvgIpc) is 2.90.